The number of benzene rings is 1. The Labute approximate surface area is 183 Å². The van der Waals surface area contributed by atoms with E-state index in [9.17, 15) is 9.18 Å². The van der Waals surface area contributed by atoms with Crippen molar-refractivity contribution in [2.75, 3.05) is 19.5 Å². The van der Waals surface area contributed by atoms with Crippen LogP contribution in [0.5, 0.6) is 5.75 Å². The van der Waals surface area contributed by atoms with Crippen LogP contribution in [0.3, 0.4) is 0 Å². The van der Waals surface area contributed by atoms with E-state index in [1.54, 1.807) is 12.4 Å². The molecule has 0 bridgehead atoms. The normalized spacial score (nSPS) is 10.9. The molecule has 0 aliphatic heterocycles. The quantitative estimate of drug-likeness (QED) is 0.460. The number of rotatable bonds is 7. The second-order valence-corrected chi connectivity index (χ2v) is 7.16. The maximum Gasteiger partial charge on any atom is 0.251 e. The summed E-state index contributed by atoms with van der Waals surface area (Å²) < 4.78 is 21.6. The molecule has 2 N–H and O–H groups in total. The molecule has 4 aromatic rings. The lowest BCUT2D eigenvalue weighted by atomic mass is 10.0. The minimum atomic E-state index is -0.473. The van der Waals surface area contributed by atoms with E-state index in [4.69, 9.17) is 4.74 Å². The number of nitrogens with one attached hydrogen (secondary N) is 2. The number of fused-ring (bicyclic) bond motifs is 1. The summed E-state index contributed by atoms with van der Waals surface area (Å²) in [4.78, 5) is 20.7. The van der Waals surface area contributed by atoms with Gasteiger partial charge in [0.1, 0.15) is 5.82 Å². The van der Waals surface area contributed by atoms with Crippen LogP contribution in [0, 0.1) is 12.7 Å². The molecule has 0 saturated carbocycles. The first-order valence-corrected chi connectivity index (χ1v) is 9.96. The summed E-state index contributed by atoms with van der Waals surface area (Å²) in [6.07, 6.45) is 6.12. The van der Waals surface area contributed by atoms with Gasteiger partial charge in [0.05, 0.1) is 12.8 Å². The Morgan fingerprint density at radius 2 is 1.94 bits per heavy atom. The average Bonchev–Trinajstić information content (AvgIpc) is 3.19. The molecule has 0 aliphatic rings. The van der Waals surface area contributed by atoms with Gasteiger partial charge in [-0.1, -0.05) is 0 Å². The highest BCUT2D eigenvalue weighted by Crippen LogP contribution is 2.24. The fourth-order valence-electron chi connectivity index (χ4n) is 3.30. The van der Waals surface area contributed by atoms with Crippen molar-refractivity contribution >= 4 is 23.2 Å². The van der Waals surface area contributed by atoms with Crippen LogP contribution in [0.15, 0.2) is 42.9 Å². The van der Waals surface area contributed by atoms with E-state index in [0.29, 0.717) is 29.9 Å². The van der Waals surface area contributed by atoms with E-state index in [-0.39, 0.29) is 11.7 Å². The number of anilines is 2. The first kappa shape index (κ1) is 21.2. The Morgan fingerprint density at radius 3 is 2.66 bits per heavy atom. The maximum absolute atomic E-state index is 14.6. The summed E-state index contributed by atoms with van der Waals surface area (Å²) in [7, 11) is 2.90. The van der Waals surface area contributed by atoms with E-state index < -0.39 is 5.82 Å². The Bertz CT molecular complexity index is 1270. The van der Waals surface area contributed by atoms with Crippen LogP contribution in [-0.4, -0.2) is 44.6 Å². The van der Waals surface area contributed by atoms with Crippen LogP contribution in [0.2, 0.25) is 0 Å². The molecule has 9 nitrogen and oxygen atoms in total. The van der Waals surface area contributed by atoms with Gasteiger partial charge in [-0.25, -0.2) is 14.4 Å². The summed E-state index contributed by atoms with van der Waals surface area (Å²) in [5.74, 6) is 0.483. The zero-order valence-electron chi connectivity index (χ0n) is 17.9. The van der Waals surface area contributed by atoms with Crippen molar-refractivity contribution in [2.45, 2.75) is 19.8 Å². The Kier molecular flexibility index (Phi) is 5.93. The van der Waals surface area contributed by atoms with Gasteiger partial charge < -0.3 is 15.4 Å². The first-order chi connectivity index (χ1) is 15.5. The Balaban J connectivity index is 1.46. The van der Waals surface area contributed by atoms with Crippen molar-refractivity contribution in [3.8, 4) is 5.75 Å². The minimum absolute atomic E-state index is 0.0391. The van der Waals surface area contributed by atoms with Crippen LogP contribution in [0.25, 0.3) is 5.65 Å². The fraction of sp³-hybridized carbons (Fsp3) is 0.227. The summed E-state index contributed by atoms with van der Waals surface area (Å²) in [6, 6.07) is 6.65. The molecular formula is C22H22FN7O2. The van der Waals surface area contributed by atoms with Gasteiger partial charge in [-0.05, 0) is 55.2 Å². The number of aromatic nitrogens is 5. The van der Waals surface area contributed by atoms with Gasteiger partial charge in [-0.15, -0.1) is 10.2 Å². The second kappa shape index (κ2) is 8.96. The van der Waals surface area contributed by atoms with E-state index in [2.05, 4.69) is 30.8 Å². The van der Waals surface area contributed by atoms with Crippen molar-refractivity contribution in [3.63, 3.8) is 0 Å². The zero-order chi connectivity index (χ0) is 22.7. The molecule has 32 heavy (non-hydrogen) atoms. The Hall–Kier alpha value is -4.08. The first-order valence-electron chi connectivity index (χ1n) is 9.96. The number of halogens is 1. The zero-order valence-corrected chi connectivity index (χ0v) is 17.9. The highest BCUT2D eigenvalue weighted by Gasteiger charge is 2.15. The molecule has 3 heterocycles. The number of amides is 1. The molecule has 0 aliphatic carbocycles. The smallest absolute Gasteiger partial charge is 0.251 e. The molecule has 1 amide bonds. The van der Waals surface area contributed by atoms with Gasteiger partial charge in [0.15, 0.2) is 17.2 Å². The van der Waals surface area contributed by atoms with E-state index in [1.807, 2.05) is 29.7 Å². The van der Waals surface area contributed by atoms with Gasteiger partial charge in [0, 0.05) is 31.2 Å². The SMILES string of the molecule is CNC(=O)c1cc(CCc2cnc(Nc3ccc4nnc(C)n4c3)nc2)c(F)c(OC)c1. The number of hydrogen-bond donors (Lipinski definition) is 2. The average molecular weight is 435 g/mol. The van der Waals surface area contributed by atoms with Crippen LogP contribution in [-0.2, 0) is 12.8 Å². The standard InChI is InChI=1S/C22H22FN7O2/c1-13-28-29-19-7-6-17(12-30(13)19)27-22-25-10-14(11-26-22)4-5-15-8-16(21(31)24-2)9-18(32-3)20(15)23/h6-12H,4-5H2,1-3H3,(H,24,31)(H,25,26,27). The topological polar surface area (TPSA) is 106 Å². The molecule has 10 heteroatoms. The number of aryl methyl sites for hydroxylation is 3. The van der Waals surface area contributed by atoms with Crippen LogP contribution >= 0.6 is 0 Å². The molecule has 0 unspecified atom stereocenters. The molecule has 0 atom stereocenters. The number of nitrogens with zero attached hydrogens (tertiary/aromatic N) is 5. The summed E-state index contributed by atoms with van der Waals surface area (Å²) >= 11 is 0. The van der Waals surface area contributed by atoms with Crippen LogP contribution < -0.4 is 15.4 Å². The lowest BCUT2D eigenvalue weighted by Gasteiger charge is -2.11. The van der Waals surface area contributed by atoms with E-state index in [1.165, 1.54) is 26.3 Å². The van der Waals surface area contributed by atoms with Crippen molar-refractivity contribution in [3.05, 3.63) is 71.2 Å². The maximum atomic E-state index is 14.6. The van der Waals surface area contributed by atoms with Crippen molar-refractivity contribution in [1.82, 2.24) is 29.9 Å². The predicted molar refractivity (Wildman–Crippen MR) is 117 cm³/mol. The second-order valence-electron chi connectivity index (χ2n) is 7.16. The molecule has 0 fully saturated rings. The number of carbonyl (C=O) groups excluding carboxylic acids is 1. The third-order valence-corrected chi connectivity index (χ3v) is 5.04. The number of methoxy groups -OCH3 is 1. The van der Waals surface area contributed by atoms with Gasteiger partial charge in [0.2, 0.25) is 5.95 Å². The molecule has 0 saturated heterocycles. The third kappa shape index (κ3) is 4.34. The number of carbonyl (C=O) groups is 1. The number of hydrogen-bond acceptors (Lipinski definition) is 7. The third-order valence-electron chi connectivity index (χ3n) is 5.04. The highest BCUT2D eigenvalue weighted by atomic mass is 19.1. The van der Waals surface area contributed by atoms with Crippen LogP contribution in [0.4, 0.5) is 16.0 Å². The van der Waals surface area contributed by atoms with E-state index in [0.717, 1.165) is 22.7 Å². The number of pyridine rings is 1. The molecular weight excluding hydrogens is 413 g/mol. The Morgan fingerprint density at radius 1 is 1.16 bits per heavy atom. The molecule has 164 valence electrons. The lowest BCUT2D eigenvalue weighted by molar-refractivity contribution is 0.0962. The molecule has 3 aromatic heterocycles. The van der Waals surface area contributed by atoms with Crippen LogP contribution in [0.1, 0.15) is 27.3 Å². The van der Waals surface area contributed by atoms with Crippen molar-refractivity contribution in [1.29, 1.82) is 0 Å². The molecule has 0 radical (unpaired) electrons. The number of ether oxygens (including phenoxy) is 1. The molecule has 4 rings (SSSR count). The highest BCUT2D eigenvalue weighted by molar-refractivity contribution is 5.94. The molecule has 0 spiro atoms. The van der Waals surface area contributed by atoms with E-state index >= 15 is 0 Å². The summed E-state index contributed by atoms with van der Waals surface area (Å²) in [5.41, 5.74) is 3.13. The van der Waals surface area contributed by atoms with Gasteiger partial charge in [0.25, 0.3) is 5.91 Å². The summed E-state index contributed by atoms with van der Waals surface area (Å²) in [6.45, 7) is 1.87. The predicted octanol–water partition coefficient (Wildman–Crippen LogP) is 2.86. The van der Waals surface area contributed by atoms with Crippen molar-refractivity contribution < 1.29 is 13.9 Å². The largest absolute Gasteiger partial charge is 0.494 e. The monoisotopic (exact) mass is 435 g/mol. The molecule has 1 aromatic carbocycles. The minimum Gasteiger partial charge on any atom is -0.494 e. The fourth-order valence-corrected chi connectivity index (χ4v) is 3.30. The van der Waals surface area contributed by atoms with Crippen molar-refractivity contribution in [2.24, 2.45) is 0 Å². The van der Waals surface area contributed by atoms with Gasteiger partial charge in [-0.2, -0.15) is 0 Å². The summed E-state index contributed by atoms with van der Waals surface area (Å²) in [5, 5.41) is 13.8. The lowest BCUT2D eigenvalue weighted by Crippen LogP contribution is -2.18. The van der Waals surface area contributed by atoms with Gasteiger partial charge >= 0.3 is 0 Å². The van der Waals surface area contributed by atoms with Gasteiger partial charge in [-0.3, -0.25) is 9.20 Å².